The van der Waals surface area contributed by atoms with Crippen molar-refractivity contribution in [3.05, 3.63) is 24.8 Å². The zero-order valence-electron chi connectivity index (χ0n) is 15.4. The smallest absolute Gasteiger partial charge is 0.306 e. The van der Waals surface area contributed by atoms with Gasteiger partial charge in [0, 0.05) is 6.42 Å². The molecular formula is C21H38O2. The van der Waals surface area contributed by atoms with Crippen LogP contribution in [0.5, 0.6) is 0 Å². The second-order valence-electron chi connectivity index (χ2n) is 6.31. The quantitative estimate of drug-likeness (QED) is 0.168. The van der Waals surface area contributed by atoms with E-state index in [1.807, 2.05) is 0 Å². The number of unbranched alkanes of at least 4 members (excludes halogenated alkanes) is 11. The summed E-state index contributed by atoms with van der Waals surface area (Å²) >= 11 is 0. The first kappa shape index (κ1) is 21.9. The summed E-state index contributed by atoms with van der Waals surface area (Å²) in [6.07, 6.45) is 23.4. The van der Waals surface area contributed by atoms with Gasteiger partial charge in [-0.15, -0.1) is 0 Å². The summed E-state index contributed by atoms with van der Waals surface area (Å²) in [6.45, 7) is 6.13. The lowest BCUT2D eigenvalue weighted by atomic mass is 10.1. The van der Waals surface area contributed by atoms with Crippen LogP contribution in [0.2, 0.25) is 0 Å². The third kappa shape index (κ3) is 18.9. The van der Waals surface area contributed by atoms with Gasteiger partial charge in [-0.3, -0.25) is 4.79 Å². The molecular weight excluding hydrogens is 284 g/mol. The van der Waals surface area contributed by atoms with Gasteiger partial charge in [0.05, 0.1) is 0 Å². The molecule has 0 spiro atoms. The van der Waals surface area contributed by atoms with E-state index in [1.54, 1.807) is 6.08 Å². The molecule has 0 saturated heterocycles. The summed E-state index contributed by atoms with van der Waals surface area (Å²) in [5.41, 5.74) is 0. The van der Waals surface area contributed by atoms with Crippen LogP contribution in [0.15, 0.2) is 24.8 Å². The number of rotatable bonds is 17. The maximum absolute atomic E-state index is 11.3. The van der Waals surface area contributed by atoms with Gasteiger partial charge in [-0.1, -0.05) is 83.1 Å². The minimum absolute atomic E-state index is 0.0949. The van der Waals surface area contributed by atoms with Crippen molar-refractivity contribution in [1.82, 2.24) is 0 Å². The average molecular weight is 323 g/mol. The van der Waals surface area contributed by atoms with Gasteiger partial charge in [0.2, 0.25) is 0 Å². The summed E-state index contributed by atoms with van der Waals surface area (Å²) < 4.78 is 4.94. The van der Waals surface area contributed by atoms with Crippen LogP contribution in [-0.4, -0.2) is 12.6 Å². The molecule has 0 N–H and O–H groups in total. The van der Waals surface area contributed by atoms with Crippen LogP contribution in [0.3, 0.4) is 0 Å². The highest BCUT2D eigenvalue weighted by Crippen LogP contribution is 2.10. The fourth-order valence-corrected chi connectivity index (χ4v) is 2.56. The Balaban J connectivity index is 3.16. The van der Waals surface area contributed by atoms with Crippen LogP contribution in [0.4, 0.5) is 0 Å². The SMILES string of the molecule is C=CCOC(=O)CCCCCCC/C=C/CCCCCCCC. The second kappa shape index (κ2) is 19.0. The lowest BCUT2D eigenvalue weighted by Crippen LogP contribution is -2.03. The second-order valence-corrected chi connectivity index (χ2v) is 6.31. The molecule has 0 aliphatic heterocycles. The Morgan fingerprint density at radius 2 is 1.35 bits per heavy atom. The first-order valence-electron chi connectivity index (χ1n) is 9.72. The number of hydrogen-bond donors (Lipinski definition) is 0. The minimum atomic E-state index is -0.0949. The Bertz CT molecular complexity index is 294. The molecule has 0 rings (SSSR count). The van der Waals surface area contributed by atoms with Gasteiger partial charge >= 0.3 is 5.97 Å². The predicted molar refractivity (Wildman–Crippen MR) is 101 cm³/mol. The molecule has 2 heteroatoms. The van der Waals surface area contributed by atoms with Crippen molar-refractivity contribution in [2.45, 2.75) is 96.8 Å². The Labute approximate surface area is 144 Å². The zero-order chi connectivity index (χ0) is 17.0. The number of ether oxygens (including phenoxy) is 1. The number of carbonyl (C=O) groups is 1. The molecule has 0 amide bonds. The highest BCUT2D eigenvalue weighted by Gasteiger charge is 2.00. The van der Waals surface area contributed by atoms with Crippen molar-refractivity contribution >= 4 is 5.97 Å². The van der Waals surface area contributed by atoms with Crippen molar-refractivity contribution in [1.29, 1.82) is 0 Å². The normalized spacial score (nSPS) is 11.0. The number of allylic oxidation sites excluding steroid dienone is 2. The van der Waals surface area contributed by atoms with Gasteiger partial charge in [0.15, 0.2) is 0 Å². The third-order valence-electron chi connectivity index (χ3n) is 4.00. The average Bonchev–Trinajstić information content (AvgIpc) is 2.56. The van der Waals surface area contributed by atoms with Crippen molar-refractivity contribution in [3.63, 3.8) is 0 Å². The fraction of sp³-hybridized carbons (Fsp3) is 0.762. The monoisotopic (exact) mass is 322 g/mol. The van der Waals surface area contributed by atoms with Crippen molar-refractivity contribution < 1.29 is 9.53 Å². The summed E-state index contributed by atoms with van der Waals surface area (Å²) in [7, 11) is 0. The van der Waals surface area contributed by atoms with Crippen LogP contribution >= 0.6 is 0 Å². The summed E-state index contributed by atoms with van der Waals surface area (Å²) in [5, 5.41) is 0. The zero-order valence-corrected chi connectivity index (χ0v) is 15.4. The van der Waals surface area contributed by atoms with Crippen molar-refractivity contribution in [3.8, 4) is 0 Å². The van der Waals surface area contributed by atoms with Crippen LogP contribution in [-0.2, 0) is 9.53 Å². The van der Waals surface area contributed by atoms with Crippen molar-refractivity contribution in [2.75, 3.05) is 6.61 Å². The first-order valence-corrected chi connectivity index (χ1v) is 9.72. The van der Waals surface area contributed by atoms with E-state index in [-0.39, 0.29) is 5.97 Å². The van der Waals surface area contributed by atoms with Crippen molar-refractivity contribution in [2.24, 2.45) is 0 Å². The number of esters is 1. The summed E-state index contributed by atoms with van der Waals surface area (Å²) in [5.74, 6) is -0.0949. The maximum atomic E-state index is 11.3. The Hall–Kier alpha value is -1.05. The Morgan fingerprint density at radius 3 is 1.91 bits per heavy atom. The van der Waals surface area contributed by atoms with E-state index in [9.17, 15) is 4.79 Å². The van der Waals surface area contributed by atoms with Gasteiger partial charge in [-0.2, -0.15) is 0 Å². The lowest BCUT2D eigenvalue weighted by molar-refractivity contribution is -0.142. The molecule has 0 saturated carbocycles. The van der Waals surface area contributed by atoms with Gasteiger partial charge in [0.25, 0.3) is 0 Å². The Kier molecular flexibility index (Phi) is 18.1. The molecule has 0 aliphatic carbocycles. The van der Waals surface area contributed by atoms with E-state index in [1.165, 1.54) is 70.6 Å². The highest BCUT2D eigenvalue weighted by atomic mass is 16.5. The van der Waals surface area contributed by atoms with E-state index in [0.717, 1.165) is 12.8 Å². The third-order valence-corrected chi connectivity index (χ3v) is 4.00. The minimum Gasteiger partial charge on any atom is -0.461 e. The molecule has 0 radical (unpaired) electrons. The molecule has 0 bridgehead atoms. The van der Waals surface area contributed by atoms with E-state index in [2.05, 4.69) is 25.7 Å². The molecule has 0 atom stereocenters. The van der Waals surface area contributed by atoms with E-state index in [0.29, 0.717) is 13.0 Å². The van der Waals surface area contributed by atoms with E-state index in [4.69, 9.17) is 4.74 Å². The van der Waals surface area contributed by atoms with Gasteiger partial charge in [0.1, 0.15) is 6.61 Å². The van der Waals surface area contributed by atoms with Crippen LogP contribution in [0.25, 0.3) is 0 Å². The maximum Gasteiger partial charge on any atom is 0.306 e. The molecule has 0 fully saturated rings. The number of hydrogen-bond acceptors (Lipinski definition) is 2. The molecule has 0 aromatic rings. The van der Waals surface area contributed by atoms with Gasteiger partial charge in [-0.25, -0.2) is 0 Å². The molecule has 23 heavy (non-hydrogen) atoms. The largest absolute Gasteiger partial charge is 0.461 e. The highest BCUT2D eigenvalue weighted by molar-refractivity contribution is 5.69. The van der Waals surface area contributed by atoms with Crippen LogP contribution in [0.1, 0.15) is 96.8 Å². The molecule has 134 valence electrons. The number of carbonyl (C=O) groups excluding carboxylic acids is 1. The molecule has 0 aromatic heterocycles. The first-order chi connectivity index (χ1) is 11.3. The molecule has 0 unspecified atom stereocenters. The van der Waals surface area contributed by atoms with Crippen LogP contribution < -0.4 is 0 Å². The fourth-order valence-electron chi connectivity index (χ4n) is 2.56. The lowest BCUT2D eigenvalue weighted by Gasteiger charge is -2.02. The van der Waals surface area contributed by atoms with E-state index >= 15 is 0 Å². The van der Waals surface area contributed by atoms with Gasteiger partial charge < -0.3 is 4.74 Å². The predicted octanol–water partition coefficient (Wildman–Crippen LogP) is 6.75. The standard InChI is InChI=1S/C21H38O2/c1-3-5-6-7-8-9-10-11-12-13-14-15-16-17-18-19-21(22)23-20-4-2/h4,11-12H,2-3,5-10,13-20H2,1H3/b12-11+. The molecule has 0 heterocycles. The van der Waals surface area contributed by atoms with Gasteiger partial charge in [-0.05, 0) is 32.1 Å². The van der Waals surface area contributed by atoms with E-state index < -0.39 is 0 Å². The summed E-state index contributed by atoms with van der Waals surface area (Å²) in [4.78, 5) is 11.3. The molecule has 2 nitrogen and oxygen atoms in total. The summed E-state index contributed by atoms with van der Waals surface area (Å²) in [6, 6.07) is 0. The molecule has 0 aliphatic rings. The Morgan fingerprint density at radius 1 is 0.826 bits per heavy atom. The topological polar surface area (TPSA) is 26.3 Å². The molecule has 0 aromatic carbocycles. The van der Waals surface area contributed by atoms with Crippen LogP contribution in [0, 0.1) is 0 Å².